The first-order valence-corrected chi connectivity index (χ1v) is 10.1. The Hall–Kier alpha value is -4.13. The summed E-state index contributed by atoms with van der Waals surface area (Å²) in [5, 5.41) is 21.0. The van der Waals surface area contributed by atoms with Gasteiger partial charge in [-0.05, 0) is 48.2 Å². The van der Waals surface area contributed by atoms with Crippen molar-refractivity contribution < 1.29 is 9.72 Å². The molecule has 3 aromatic carbocycles. The van der Waals surface area contributed by atoms with Gasteiger partial charge in [-0.15, -0.1) is 0 Å². The highest BCUT2D eigenvalue weighted by atomic mass is 16.6. The lowest BCUT2D eigenvalue weighted by Crippen LogP contribution is -2.13. The van der Waals surface area contributed by atoms with Crippen molar-refractivity contribution in [2.75, 3.05) is 22.5 Å². The SMILES string of the molecule is O=C1Nc2ccc([N+](=O)[O-])cc2/C1=C(/Nc1ccc2c(c1)CCCN2)c1ccccc1. The molecule has 2 heterocycles. The summed E-state index contributed by atoms with van der Waals surface area (Å²) in [5.74, 6) is -0.290. The predicted molar refractivity (Wildman–Crippen MR) is 122 cm³/mol. The third kappa shape index (κ3) is 3.50. The summed E-state index contributed by atoms with van der Waals surface area (Å²) in [7, 11) is 0. The number of nitrogens with one attached hydrogen (secondary N) is 3. The third-order valence-corrected chi connectivity index (χ3v) is 5.58. The first-order chi connectivity index (χ1) is 15.1. The van der Waals surface area contributed by atoms with E-state index >= 15 is 0 Å². The average Bonchev–Trinajstić information content (AvgIpc) is 3.12. The Bertz CT molecular complexity index is 1230. The van der Waals surface area contributed by atoms with Crippen LogP contribution in [0.1, 0.15) is 23.1 Å². The normalized spacial score (nSPS) is 15.9. The van der Waals surface area contributed by atoms with Gasteiger partial charge in [0, 0.05) is 41.3 Å². The first-order valence-electron chi connectivity index (χ1n) is 10.1. The van der Waals surface area contributed by atoms with E-state index in [0.29, 0.717) is 22.5 Å². The standard InChI is InChI=1S/C24H20N4O3/c29-24-22(19-14-18(28(30)31)9-11-21(19)27-24)23(15-5-2-1-3-6-15)26-17-8-10-20-16(13-17)7-4-12-25-20/h1-3,5-6,8-11,13-14,25-26H,4,7,12H2,(H,27,29)/b23-22-. The Morgan fingerprint density at radius 2 is 1.81 bits per heavy atom. The van der Waals surface area contributed by atoms with E-state index in [1.54, 1.807) is 6.07 Å². The van der Waals surface area contributed by atoms with Crippen molar-refractivity contribution in [3.8, 4) is 0 Å². The number of carbonyl (C=O) groups is 1. The molecule has 0 bridgehead atoms. The molecule has 5 rings (SSSR count). The number of benzene rings is 3. The van der Waals surface area contributed by atoms with E-state index in [1.165, 1.54) is 17.7 Å². The van der Waals surface area contributed by atoms with Gasteiger partial charge in [-0.1, -0.05) is 30.3 Å². The molecule has 0 fully saturated rings. The number of anilines is 3. The number of non-ortho nitro benzene ring substituents is 1. The van der Waals surface area contributed by atoms with E-state index in [1.807, 2.05) is 42.5 Å². The van der Waals surface area contributed by atoms with Crippen LogP contribution in [0.2, 0.25) is 0 Å². The van der Waals surface area contributed by atoms with Gasteiger partial charge in [-0.3, -0.25) is 14.9 Å². The molecule has 154 valence electrons. The molecule has 2 aliphatic rings. The van der Waals surface area contributed by atoms with Crippen LogP contribution >= 0.6 is 0 Å². The maximum Gasteiger partial charge on any atom is 0.270 e. The van der Waals surface area contributed by atoms with Crippen LogP contribution in [-0.4, -0.2) is 17.4 Å². The summed E-state index contributed by atoms with van der Waals surface area (Å²) in [4.78, 5) is 23.8. The van der Waals surface area contributed by atoms with Crippen molar-refractivity contribution >= 4 is 39.9 Å². The number of fused-ring (bicyclic) bond motifs is 2. The first kappa shape index (κ1) is 18.9. The van der Waals surface area contributed by atoms with Crippen LogP contribution in [0.5, 0.6) is 0 Å². The van der Waals surface area contributed by atoms with Crippen LogP contribution in [0.3, 0.4) is 0 Å². The highest BCUT2D eigenvalue weighted by Crippen LogP contribution is 2.39. The summed E-state index contributed by atoms with van der Waals surface area (Å²) in [6.07, 6.45) is 2.06. The summed E-state index contributed by atoms with van der Waals surface area (Å²) in [6.45, 7) is 0.967. The molecule has 7 heteroatoms. The number of carbonyl (C=O) groups excluding carboxylic acids is 1. The molecule has 2 aliphatic heterocycles. The second-order valence-corrected chi connectivity index (χ2v) is 7.58. The van der Waals surface area contributed by atoms with Gasteiger partial charge in [0.25, 0.3) is 11.6 Å². The number of hydrogen-bond acceptors (Lipinski definition) is 5. The molecule has 0 saturated carbocycles. The van der Waals surface area contributed by atoms with Crippen molar-refractivity contribution in [3.63, 3.8) is 0 Å². The zero-order valence-corrected chi connectivity index (χ0v) is 16.6. The van der Waals surface area contributed by atoms with E-state index in [0.717, 1.165) is 36.3 Å². The van der Waals surface area contributed by atoms with Gasteiger partial charge in [-0.2, -0.15) is 0 Å². The Kier molecular flexibility index (Phi) is 4.63. The highest BCUT2D eigenvalue weighted by molar-refractivity contribution is 6.37. The predicted octanol–water partition coefficient (Wildman–Crippen LogP) is 4.89. The van der Waals surface area contributed by atoms with Gasteiger partial charge in [-0.25, -0.2) is 0 Å². The van der Waals surface area contributed by atoms with Crippen LogP contribution in [-0.2, 0) is 11.2 Å². The molecule has 0 aromatic heterocycles. The number of aryl methyl sites for hydroxylation is 1. The number of hydrogen-bond donors (Lipinski definition) is 3. The second-order valence-electron chi connectivity index (χ2n) is 7.58. The fraction of sp³-hybridized carbons (Fsp3) is 0.125. The van der Waals surface area contributed by atoms with Gasteiger partial charge >= 0.3 is 0 Å². The molecule has 3 aromatic rings. The highest BCUT2D eigenvalue weighted by Gasteiger charge is 2.30. The van der Waals surface area contributed by atoms with Crippen LogP contribution in [0.4, 0.5) is 22.7 Å². The zero-order valence-electron chi connectivity index (χ0n) is 16.6. The van der Waals surface area contributed by atoms with E-state index in [4.69, 9.17) is 0 Å². The molecule has 0 aliphatic carbocycles. The Balaban J connectivity index is 1.66. The molecule has 1 amide bonds. The second kappa shape index (κ2) is 7.60. The number of amides is 1. The molecule has 0 unspecified atom stereocenters. The van der Waals surface area contributed by atoms with Gasteiger partial charge in [0.15, 0.2) is 0 Å². The molecule has 3 N–H and O–H groups in total. The lowest BCUT2D eigenvalue weighted by Gasteiger charge is -2.20. The van der Waals surface area contributed by atoms with Crippen LogP contribution in [0.25, 0.3) is 11.3 Å². The largest absolute Gasteiger partial charge is 0.385 e. The molecule has 0 radical (unpaired) electrons. The van der Waals surface area contributed by atoms with Crippen molar-refractivity contribution in [3.05, 3.63) is 93.5 Å². The summed E-state index contributed by atoms with van der Waals surface area (Å²) in [5.41, 5.74) is 6.07. The topological polar surface area (TPSA) is 96.3 Å². The van der Waals surface area contributed by atoms with Gasteiger partial charge in [0.05, 0.1) is 16.2 Å². The van der Waals surface area contributed by atoms with Gasteiger partial charge in [0.2, 0.25) is 0 Å². The Labute approximate surface area is 178 Å². The number of nitro groups is 1. The monoisotopic (exact) mass is 412 g/mol. The molecule has 0 atom stereocenters. The minimum Gasteiger partial charge on any atom is -0.385 e. The average molecular weight is 412 g/mol. The van der Waals surface area contributed by atoms with Crippen molar-refractivity contribution in [2.24, 2.45) is 0 Å². The molecule has 0 saturated heterocycles. The van der Waals surface area contributed by atoms with Crippen molar-refractivity contribution in [1.82, 2.24) is 0 Å². The van der Waals surface area contributed by atoms with E-state index in [2.05, 4.69) is 22.0 Å². The minimum absolute atomic E-state index is 0.0555. The third-order valence-electron chi connectivity index (χ3n) is 5.58. The molecular weight excluding hydrogens is 392 g/mol. The minimum atomic E-state index is -0.452. The molecule has 7 nitrogen and oxygen atoms in total. The van der Waals surface area contributed by atoms with Gasteiger partial charge < -0.3 is 16.0 Å². The van der Waals surface area contributed by atoms with Crippen LogP contribution in [0, 0.1) is 10.1 Å². The number of nitro benzene ring substituents is 1. The zero-order chi connectivity index (χ0) is 21.4. The molecule has 0 spiro atoms. The van der Waals surface area contributed by atoms with E-state index in [9.17, 15) is 14.9 Å². The smallest absolute Gasteiger partial charge is 0.270 e. The fourth-order valence-electron chi connectivity index (χ4n) is 4.10. The number of rotatable bonds is 4. The summed E-state index contributed by atoms with van der Waals surface area (Å²) in [6, 6.07) is 20.1. The van der Waals surface area contributed by atoms with E-state index in [-0.39, 0.29) is 11.6 Å². The maximum atomic E-state index is 13.0. The lowest BCUT2D eigenvalue weighted by molar-refractivity contribution is -0.384. The van der Waals surface area contributed by atoms with Crippen LogP contribution < -0.4 is 16.0 Å². The van der Waals surface area contributed by atoms with Crippen molar-refractivity contribution in [2.45, 2.75) is 12.8 Å². The molecule has 31 heavy (non-hydrogen) atoms. The summed E-state index contributed by atoms with van der Waals surface area (Å²) < 4.78 is 0. The number of nitrogens with zero attached hydrogens (tertiary/aromatic N) is 1. The Morgan fingerprint density at radius 3 is 2.61 bits per heavy atom. The Morgan fingerprint density at radius 1 is 1.00 bits per heavy atom. The van der Waals surface area contributed by atoms with E-state index < -0.39 is 4.92 Å². The van der Waals surface area contributed by atoms with Crippen LogP contribution in [0.15, 0.2) is 66.7 Å². The maximum absolute atomic E-state index is 13.0. The fourth-order valence-corrected chi connectivity index (χ4v) is 4.10. The lowest BCUT2D eigenvalue weighted by atomic mass is 9.99. The van der Waals surface area contributed by atoms with Gasteiger partial charge in [0.1, 0.15) is 0 Å². The molecular formula is C24H20N4O3. The summed E-state index contributed by atoms with van der Waals surface area (Å²) >= 11 is 0. The quantitative estimate of drug-likeness (QED) is 0.322. The van der Waals surface area contributed by atoms with Crippen molar-refractivity contribution in [1.29, 1.82) is 0 Å².